The number of esters is 1. The predicted octanol–water partition coefficient (Wildman–Crippen LogP) is 2.12. The third kappa shape index (κ3) is 3.52. The Bertz CT molecular complexity index is 457. The van der Waals surface area contributed by atoms with E-state index in [0.717, 1.165) is 12.7 Å². The van der Waals surface area contributed by atoms with Gasteiger partial charge in [0.05, 0.1) is 13.5 Å². The van der Waals surface area contributed by atoms with Crippen LogP contribution in [0.15, 0.2) is 24.3 Å². The van der Waals surface area contributed by atoms with E-state index in [9.17, 15) is 14.4 Å². The van der Waals surface area contributed by atoms with E-state index in [1.54, 1.807) is 12.1 Å². The highest BCUT2D eigenvalue weighted by Gasteiger charge is 2.19. The minimum Gasteiger partial charge on any atom is -0.463 e. The fraction of sp³-hybridized carbons (Fsp3) is 0.357. The van der Waals surface area contributed by atoms with Gasteiger partial charge in [-0.2, -0.15) is 0 Å². The molecule has 96 valence electrons. The zero-order valence-corrected chi connectivity index (χ0v) is 10.7. The average molecular weight is 248 g/mol. The summed E-state index contributed by atoms with van der Waals surface area (Å²) in [4.78, 5) is 33.9. The van der Waals surface area contributed by atoms with Crippen molar-refractivity contribution in [2.75, 3.05) is 7.11 Å². The number of benzene rings is 1. The van der Waals surface area contributed by atoms with Crippen LogP contribution in [0.4, 0.5) is 0 Å². The third-order valence-corrected chi connectivity index (χ3v) is 2.63. The summed E-state index contributed by atoms with van der Waals surface area (Å²) in [5.41, 5.74) is 1.54. The van der Waals surface area contributed by atoms with Crippen LogP contribution in [-0.4, -0.2) is 24.6 Å². The van der Waals surface area contributed by atoms with Crippen LogP contribution in [-0.2, 0) is 14.3 Å². The Morgan fingerprint density at radius 2 is 1.67 bits per heavy atom. The Hall–Kier alpha value is -1.97. The molecule has 0 N–H and O–H groups in total. The lowest BCUT2D eigenvalue weighted by molar-refractivity contribution is -0.151. The van der Waals surface area contributed by atoms with Crippen molar-refractivity contribution in [1.82, 2.24) is 0 Å². The van der Waals surface area contributed by atoms with Crippen molar-refractivity contribution in [3.63, 3.8) is 0 Å². The van der Waals surface area contributed by atoms with E-state index in [4.69, 9.17) is 0 Å². The molecular weight excluding hydrogens is 232 g/mol. The molecular formula is C14H16O4. The molecule has 0 radical (unpaired) electrons. The van der Waals surface area contributed by atoms with E-state index in [1.807, 2.05) is 12.1 Å². The lowest BCUT2D eigenvalue weighted by atomic mass is 9.99. The topological polar surface area (TPSA) is 60.4 Å². The molecule has 0 aliphatic carbocycles. The molecule has 0 aliphatic heterocycles. The van der Waals surface area contributed by atoms with Gasteiger partial charge in [-0.25, -0.2) is 4.79 Å². The van der Waals surface area contributed by atoms with E-state index in [-0.39, 0.29) is 5.78 Å². The first-order chi connectivity index (χ1) is 8.45. The molecule has 0 atom stereocenters. The molecule has 0 saturated heterocycles. The van der Waals surface area contributed by atoms with Gasteiger partial charge in [0.2, 0.25) is 5.78 Å². The van der Waals surface area contributed by atoms with Crippen LogP contribution in [0, 0.1) is 0 Å². The molecule has 1 rings (SSSR count). The molecule has 0 bridgehead atoms. The molecule has 0 aliphatic rings. The number of hydrogen-bond donors (Lipinski definition) is 0. The molecule has 0 amide bonds. The second kappa shape index (κ2) is 6.10. The Labute approximate surface area is 106 Å². The quantitative estimate of drug-likeness (QED) is 0.346. The number of hydrogen-bond acceptors (Lipinski definition) is 4. The lowest BCUT2D eigenvalue weighted by Gasteiger charge is -2.06. The molecule has 0 saturated carbocycles. The van der Waals surface area contributed by atoms with E-state index >= 15 is 0 Å². The van der Waals surface area contributed by atoms with Crippen LogP contribution in [0.3, 0.4) is 0 Å². The van der Waals surface area contributed by atoms with Gasteiger partial charge in [-0.05, 0) is 11.5 Å². The molecule has 0 heterocycles. The van der Waals surface area contributed by atoms with E-state index in [2.05, 4.69) is 18.6 Å². The number of carbonyl (C=O) groups is 3. The Morgan fingerprint density at radius 3 is 2.11 bits per heavy atom. The molecule has 4 heteroatoms. The molecule has 0 fully saturated rings. The normalized spacial score (nSPS) is 10.2. The number of ether oxygens (including phenoxy) is 1. The molecule has 0 aromatic heterocycles. The van der Waals surface area contributed by atoms with Crippen molar-refractivity contribution in [2.24, 2.45) is 0 Å². The first-order valence-electron chi connectivity index (χ1n) is 5.70. The van der Waals surface area contributed by atoms with Crippen molar-refractivity contribution in [2.45, 2.75) is 26.2 Å². The summed E-state index contributed by atoms with van der Waals surface area (Å²) in [7, 11) is 1.11. The molecule has 0 unspecified atom stereocenters. The molecule has 4 nitrogen and oxygen atoms in total. The summed E-state index contributed by atoms with van der Waals surface area (Å²) < 4.78 is 4.26. The highest BCUT2D eigenvalue weighted by atomic mass is 16.5. The number of ketones is 2. The third-order valence-electron chi connectivity index (χ3n) is 2.63. The molecule has 1 aromatic carbocycles. The number of carbonyl (C=O) groups excluding carboxylic acids is 3. The largest absolute Gasteiger partial charge is 0.463 e. The maximum atomic E-state index is 11.7. The molecule has 1 aromatic rings. The lowest BCUT2D eigenvalue weighted by Crippen LogP contribution is -2.19. The fourth-order valence-corrected chi connectivity index (χ4v) is 1.49. The van der Waals surface area contributed by atoms with E-state index in [0.29, 0.717) is 11.5 Å². The predicted molar refractivity (Wildman–Crippen MR) is 66.5 cm³/mol. The molecule has 0 spiro atoms. The Kier molecular flexibility index (Phi) is 4.77. The molecule has 18 heavy (non-hydrogen) atoms. The van der Waals surface area contributed by atoms with Crippen LogP contribution >= 0.6 is 0 Å². The number of Topliss-reactive ketones (excluding diaryl/α,β-unsaturated/α-hetero) is 2. The van der Waals surface area contributed by atoms with Gasteiger partial charge in [0, 0.05) is 5.56 Å². The van der Waals surface area contributed by atoms with Crippen molar-refractivity contribution < 1.29 is 19.1 Å². The second-order valence-electron chi connectivity index (χ2n) is 4.29. The maximum Gasteiger partial charge on any atom is 0.374 e. The van der Waals surface area contributed by atoms with Gasteiger partial charge in [-0.15, -0.1) is 0 Å². The van der Waals surface area contributed by atoms with Crippen LogP contribution in [0.5, 0.6) is 0 Å². The van der Waals surface area contributed by atoms with Gasteiger partial charge in [-0.3, -0.25) is 9.59 Å². The zero-order valence-electron chi connectivity index (χ0n) is 10.7. The summed E-state index contributed by atoms with van der Waals surface area (Å²) in [6.45, 7) is 4.11. The smallest absolute Gasteiger partial charge is 0.374 e. The summed E-state index contributed by atoms with van der Waals surface area (Å²) >= 11 is 0. The summed E-state index contributed by atoms with van der Waals surface area (Å²) in [5, 5.41) is 0. The van der Waals surface area contributed by atoms with Crippen molar-refractivity contribution in [3.8, 4) is 0 Å². The van der Waals surface area contributed by atoms with Crippen LogP contribution in [0.2, 0.25) is 0 Å². The summed E-state index contributed by atoms with van der Waals surface area (Å²) in [5.74, 6) is -1.80. The maximum absolute atomic E-state index is 11.7. The highest BCUT2D eigenvalue weighted by molar-refractivity contribution is 6.38. The second-order valence-corrected chi connectivity index (χ2v) is 4.29. The van der Waals surface area contributed by atoms with Crippen molar-refractivity contribution >= 4 is 17.5 Å². The van der Waals surface area contributed by atoms with Crippen LogP contribution in [0.25, 0.3) is 0 Å². The van der Waals surface area contributed by atoms with Gasteiger partial charge >= 0.3 is 5.97 Å². The van der Waals surface area contributed by atoms with Crippen molar-refractivity contribution in [3.05, 3.63) is 35.4 Å². The summed E-state index contributed by atoms with van der Waals surface area (Å²) in [6, 6.07) is 7.03. The van der Waals surface area contributed by atoms with Gasteiger partial charge in [-0.1, -0.05) is 38.1 Å². The minimum absolute atomic E-state index is 0.374. The summed E-state index contributed by atoms with van der Waals surface area (Å²) in [6.07, 6.45) is -0.451. The first-order valence-corrected chi connectivity index (χ1v) is 5.70. The SMILES string of the molecule is COC(=O)C(=O)CC(=O)c1ccc(C(C)C)cc1. The zero-order chi connectivity index (χ0) is 13.7. The van der Waals surface area contributed by atoms with Gasteiger partial charge in [0.1, 0.15) is 0 Å². The minimum atomic E-state index is -0.984. The number of methoxy groups -OCH3 is 1. The van der Waals surface area contributed by atoms with E-state index < -0.39 is 18.2 Å². The van der Waals surface area contributed by atoms with Crippen molar-refractivity contribution in [1.29, 1.82) is 0 Å². The Morgan fingerprint density at radius 1 is 1.11 bits per heavy atom. The van der Waals surface area contributed by atoms with E-state index in [1.165, 1.54) is 0 Å². The fourth-order valence-electron chi connectivity index (χ4n) is 1.49. The van der Waals surface area contributed by atoms with Gasteiger partial charge in [0.25, 0.3) is 0 Å². The average Bonchev–Trinajstić information content (AvgIpc) is 2.37. The van der Waals surface area contributed by atoms with Crippen LogP contribution in [0.1, 0.15) is 42.1 Å². The monoisotopic (exact) mass is 248 g/mol. The first kappa shape index (κ1) is 14.1. The number of rotatable bonds is 5. The van der Waals surface area contributed by atoms with Crippen LogP contribution < -0.4 is 0 Å². The van der Waals surface area contributed by atoms with Gasteiger partial charge < -0.3 is 4.74 Å². The Balaban J connectivity index is 2.73. The van der Waals surface area contributed by atoms with Gasteiger partial charge in [0.15, 0.2) is 5.78 Å². The highest BCUT2D eigenvalue weighted by Crippen LogP contribution is 2.15. The standard InChI is InChI=1S/C14H16O4/c1-9(2)10-4-6-11(7-5-10)12(15)8-13(16)14(17)18-3/h4-7,9H,8H2,1-3H3.